The van der Waals surface area contributed by atoms with Crippen molar-refractivity contribution < 1.29 is 0 Å². The van der Waals surface area contributed by atoms with Gasteiger partial charge in [-0.2, -0.15) is 0 Å². The summed E-state index contributed by atoms with van der Waals surface area (Å²) in [4.78, 5) is 0. The molecule has 0 saturated heterocycles. The van der Waals surface area contributed by atoms with E-state index in [1.807, 2.05) is 7.05 Å². The summed E-state index contributed by atoms with van der Waals surface area (Å²) in [6.45, 7) is 6.36. The van der Waals surface area contributed by atoms with Gasteiger partial charge in [0, 0.05) is 13.1 Å². The normalized spacial score (nSPS) is 15.8. The van der Waals surface area contributed by atoms with Crippen molar-refractivity contribution in [3.05, 3.63) is 11.4 Å². The number of nitrogens with one attached hydrogen (secondary N) is 1. The Labute approximate surface area is 104 Å². The second kappa shape index (κ2) is 5.63. The molecule has 0 amide bonds. The summed E-state index contributed by atoms with van der Waals surface area (Å²) in [6.07, 6.45) is 5.12. The first-order valence-electron chi connectivity index (χ1n) is 6.76. The number of hydrogen-bond donors (Lipinski definition) is 1. The lowest BCUT2D eigenvalue weighted by Crippen LogP contribution is -2.12. The summed E-state index contributed by atoms with van der Waals surface area (Å²) >= 11 is 0. The average Bonchev–Trinajstić information content (AvgIpc) is 3.01. The highest BCUT2D eigenvalue weighted by molar-refractivity contribution is 5.12. The third kappa shape index (κ3) is 3.53. The fourth-order valence-corrected chi connectivity index (χ4v) is 2.05. The molecule has 1 aromatic rings. The lowest BCUT2D eigenvalue weighted by Gasteiger charge is -2.09. The average molecular weight is 236 g/mol. The van der Waals surface area contributed by atoms with Crippen LogP contribution in [0.4, 0.5) is 0 Å². The van der Waals surface area contributed by atoms with E-state index in [-0.39, 0.29) is 0 Å². The van der Waals surface area contributed by atoms with Gasteiger partial charge in [-0.25, -0.2) is 4.68 Å². The zero-order valence-corrected chi connectivity index (χ0v) is 11.2. The quantitative estimate of drug-likeness (QED) is 0.787. The summed E-state index contributed by atoms with van der Waals surface area (Å²) < 4.78 is 2.13. The molecule has 0 atom stereocenters. The van der Waals surface area contributed by atoms with Crippen LogP contribution in [0.25, 0.3) is 0 Å². The highest BCUT2D eigenvalue weighted by Gasteiger charge is 2.25. The molecule has 1 saturated carbocycles. The highest BCUT2D eigenvalue weighted by atomic mass is 15.4. The monoisotopic (exact) mass is 236 g/mol. The van der Waals surface area contributed by atoms with Gasteiger partial charge in [-0.3, -0.25) is 0 Å². The minimum Gasteiger partial charge on any atom is -0.314 e. The molecule has 1 aliphatic rings. The third-order valence-corrected chi connectivity index (χ3v) is 3.36. The van der Waals surface area contributed by atoms with Crippen molar-refractivity contribution in [2.45, 2.75) is 52.6 Å². The van der Waals surface area contributed by atoms with Gasteiger partial charge in [-0.05, 0) is 44.6 Å². The van der Waals surface area contributed by atoms with Gasteiger partial charge in [-0.15, -0.1) is 5.10 Å². The van der Waals surface area contributed by atoms with Gasteiger partial charge < -0.3 is 5.32 Å². The molecular formula is C13H24N4. The molecule has 1 aromatic heterocycles. The van der Waals surface area contributed by atoms with Crippen LogP contribution in [0.1, 0.15) is 44.5 Å². The standard InChI is InChI=1S/C13H24N4/c1-10(2)6-7-17-13(8-11-4-5-11)12(9-14-3)15-16-17/h10-11,14H,4-9H2,1-3H3. The van der Waals surface area contributed by atoms with Crippen molar-refractivity contribution in [1.82, 2.24) is 20.3 Å². The molecule has 4 nitrogen and oxygen atoms in total. The van der Waals surface area contributed by atoms with Crippen molar-refractivity contribution in [3.63, 3.8) is 0 Å². The van der Waals surface area contributed by atoms with Crippen molar-refractivity contribution >= 4 is 0 Å². The molecule has 1 aliphatic carbocycles. The molecule has 0 unspecified atom stereocenters. The van der Waals surface area contributed by atoms with E-state index >= 15 is 0 Å². The summed E-state index contributed by atoms with van der Waals surface area (Å²) in [5.41, 5.74) is 2.51. The third-order valence-electron chi connectivity index (χ3n) is 3.36. The number of nitrogens with zero attached hydrogens (tertiary/aromatic N) is 3. The van der Waals surface area contributed by atoms with Gasteiger partial charge in [-0.1, -0.05) is 19.1 Å². The molecule has 1 heterocycles. The molecule has 0 bridgehead atoms. The van der Waals surface area contributed by atoms with Crippen LogP contribution in [0.2, 0.25) is 0 Å². The van der Waals surface area contributed by atoms with Crippen molar-refractivity contribution in [2.24, 2.45) is 11.8 Å². The van der Waals surface area contributed by atoms with E-state index in [4.69, 9.17) is 0 Å². The Morgan fingerprint density at radius 2 is 2.18 bits per heavy atom. The van der Waals surface area contributed by atoms with Crippen LogP contribution in [-0.4, -0.2) is 22.0 Å². The maximum atomic E-state index is 4.32. The van der Waals surface area contributed by atoms with Gasteiger partial charge in [0.15, 0.2) is 0 Å². The summed E-state index contributed by atoms with van der Waals surface area (Å²) in [5.74, 6) is 1.61. The van der Waals surface area contributed by atoms with Gasteiger partial charge in [0.25, 0.3) is 0 Å². The smallest absolute Gasteiger partial charge is 0.0996 e. The lowest BCUT2D eigenvalue weighted by atomic mass is 10.1. The molecule has 17 heavy (non-hydrogen) atoms. The molecule has 2 rings (SSSR count). The minimum absolute atomic E-state index is 0.723. The molecule has 0 spiro atoms. The Morgan fingerprint density at radius 1 is 1.41 bits per heavy atom. The Morgan fingerprint density at radius 3 is 2.76 bits per heavy atom. The summed E-state index contributed by atoms with van der Waals surface area (Å²) in [6, 6.07) is 0. The second-order valence-corrected chi connectivity index (χ2v) is 5.57. The highest BCUT2D eigenvalue weighted by Crippen LogP contribution is 2.33. The number of aromatic nitrogens is 3. The molecule has 1 fully saturated rings. The predicted molar refractivity (Wildman–Crippen MR) is 68.7 cm³/mol. The first-order valence-corrected chi connectivity index (χ1v) is 6.76. The maximum absolute atomic E-state index is 4.32. The summed E-state index contributed by atoms with van der Waals surface area (Å²) in [7, 11) is 1.97. The van der Waals surface area contributed by atoms with Crippen molar-refractivity contribution in [2.75, 3.05) is 7.05 Å². The van der Waals surface area contributed by atoms with Crippen LogP contribution in [0.5, 0.6) is 0 Å². The van der Waals surface area contributed by atoms with Crippen molar-refractivity contribution in [1.29, 1.82) is 0 Å². The van der Waals surface area contributed by atoms with Crippen molar-refractivity contribution in [3.8, 4) is 0 Å². The topological polar surface area (TPSA) is 42.7 Å². The molecule has 4 heteroatoms. The minimum atomic E-state index is 0.723. The Bertz CT molecular complexity index is 352. The maximum Gasteiger partial charge on any atom is 0.0996 e. The zero-order valence-electron chi connectivity index (χ0n) is 11.2. The van der Waals surface area contributed by atoms with Gasteiger partial charge >= 0.3 is 0 Å². The van der Waals surface area contributed by atoms with Crippen LogP contribution in [0.15, 0.2) is 0 Å². The Kier molecular flexibility index (Phi) is 4.15. The van der Waals surface area contributed by atoms with E-state index < -0.39 is 0 Å². The van der Waals surface area contributed by atoms with E-state index in [0.717, 1.165) is 30.6 Å². The van der Waals surface area contributed by atoms with E-state index in [1.54, 1.807) is 0 Å². The molecule has 0 aromatic carbocycles. The van der Waals surface area contributed by atoms with Crippen LogP contribution >= 0.6 is 0 Å². The first-order chi connectivity index (χ1) is 8.20. The van der Waals surface area contributed by atoms with E-state index in [0.29, 0.717) is 0 Å². The second-order valence-electron chi connectivity index (χ2n) is 5.57. The van der Waals surface area contributed by atoms with Crippen LogP contribution in [0.3, 0.4) is 0 Å². The summed E-state index contributed by atoms with van der Waals surface area (Å²) in [5, 5.41) is 11.8. The number of rotatable bonds is 7. The molecular weight excluding hydrogens is 212 g/mol. The van der Waals surface area contributed by atoms with E-state index in [9.17, 15) is 0 Å². The molecule has 1 N–H and O–H groups in total. The number of hydrogen-bond acceptors (Lipinski definition) is 3. The van der Waals surface area contributed by atoms with E-state index in [1.165, 1.54) is 31.4 Å². The lowest BCUT2D eigenvalue weighted by molar-refractivity contribution is 0.464. The fraction of sp³-hybridized carbons (Fsp3) is 0.846. The Balaban J connectivity index is 2.06. The first kappa shape index (κ1) is 12.6. The zero-order chi connectivity index (χ0) is 12.3. The molecule has 0 aliphatic heterocycles. The fourth-order valence-electron chi connectivity index (χ4n) is 2.05. The van der Waals surface area contributed by atoms with Gasteiger partial charge in [0.1, 0.15) is 0 Å². The number of aryl methyl sites for hydroxylation is 1. The van der Waals surface area contributed by atoms with Crippen LogP contribution in [-0.2, 0) is 19.5 Å². The Hall–Kier alpha value is -0.900. The predicted octanol–water partition coefficient (Wildman–Crippen LogP) is 2.00. The van der Waals surface area contributed by atoms with Gasteiger partial charge in [0.2, 0.25) is 0 Å². The molecule has 96 valence electrons. The molecule has 0 radical (unpaired) electrons. The largest absolute Gasteiger partial charge is 0.314 e. The SMILES string of the molecule is CNCc1nnn(CCC(C)C)c1CC1CC1. The van der Waals surface area contributed by atoms with Crippen LogP contribution < -0.4 is 5.32 Å². The van der Waals surface area contributed by atoms with Crippen LogP contribution in [0, 0.1) is 11.8 Å². The van der Waals surface area contributed by atoms with E-state index in [2.05, 4.69) is 34.2 Å². The van der Waals surface area contributed by atoms with Gasteiger partial charge in [0.05, 0.1) is 11.4 Å².